The number of hydrogen-bond acceptors (Lipinski definition) is 3. The highest BCUT2D eigenvalue weighted by molar-refractivity contribution is 5.73. The van der Waals surface area contributed by atoms with Gasteiger partial charge in [-0.3, -0.25) is 4.79 Å². The number of rotatable bonds is 9. The van der Waals surface area contributed by atoms with Gasteiger partial charge in [-0.05, 0) is 90.8 Å². The number of alkyl halides is 3. The van der Waals surface area contributed by atoms with E-state index in [1.165, 1.54) is 31.2 Å². The van der Waals surface area contributed by atoms with E-state index in [2.05, 4.69) is 5.32 Å². The topological polar surface area (TPSA) is 47.6 Å². The van der Waals surface area contributed by atoms with Crippen molar-refractivity contribution in [2.45, 2.75) is 64.0 Å². The minimum atomic E-state index is -4.34. The molecule has 0 radical (unpaired) electrons. The molecule has 1 amide bonds. The summed E-state index contributed by atoms with van der Waals surface area (Å²) in [5.41, 5.74) is 2.63. The van der Waals surface area contributed by atoms with Crippen LogP contribution in [-0.2, 0) is 28.7 Å². The predicted molar refractivity (Wildman–Crippen MR) is 137 cm³/mol. The van der Waals surface area contributed by atoms with E-state index in [0.29, 0.717) is 24.3 Å². The summed E-state index contributed by atoms with van der Waals surface area (Å²) in [5, 5.41) is 2.80. The molecule has 202 valence electrons. The van der Waals surface area contributed by atoms with E-state index in [1.807, 2.05) is 24.3 Å². The highest BCUT2D eigenvalue weighted by atomic mass is 19.4. The van der Waals surface area contributed by atoms with Crippen molar-refractivity contribution in [2.75, 3.05) is 6.54 Å². The van der Waals surface area contributed by atoms with Crippen LogP contribution in [0.15, 0.2) is 66.7 Å². The van der Waals surface area contributed by atoms with Crippen LogP contribution in [0, 0.1) is 5.82 Å². The second-order valence-corrected chi connectivity index (χ2v) is 9.58. The zero-order chi connectivity index (χ0) is 27.1. The zero-order valence-corrected chi connectivity index (χ0v) is 21.2. The van der Waals surface area contributed by atoms with Gasteiger partial charge in [0.05, 0.1) is 24.4 Å². The van der Waals surface area contributed by atoms with E-state index < -0.39 is 11.7 Å². The number of amides is 1. The Bertz CT molecular complexity index is 1220. The summed E-state index contributed by atoms with van der Waals surface area (Å²) in [5.74, 6) is 0.272. The van der Waals surface area contributed by atoms with Crippen molar-refractivity contribution in [1.82, 2.24) is 5.32 Å². The van der Waals surface area contributed by atoms with Crippen molar-refractivity contribution < 1.29 is 31.8 Å². The molecular weight excluding hydrogens is 498 g/mol. The van der Waals surface area contributed by atoms with Crippen LogP contribution < -0.4 is 10.1 Å². The minimum Gasteiger partial charge on any atom is -0.490 e. The Balaban J connectivity index is 1.33. The van der Waals surface area contributed by atoms with E-state index in [1.54, 1.807) is 6.07 Å². The lowest BCUT2D eigenvalue weighted by Gasteiger charge is -2.29. The van der Waals surface area contributed by atoms with Crippen LogP contribution in [0.25, 0.3) is 11.1 Å². The molecule has 38 heavy (non-hydrogen) atoms. The number of ether oxygens (including phenoxy) is 2. The van der Waals surface area contributed by atoms with Gasteiger partial charge in [-0.25, -0.2) is 4.39 Å². The lowest BCUT2D eigenvalue weighted by atomic mass is 9.94. The highest BCUT2D eigenvalue weighted by Crippen LogP contribution is 2.32. The second kappa shape index (κ2) is 12.4. The molecule has 1 fully saturated rings. The Hall–Kier alpha value is -3.39. The quantitative estimate of drug-likeness (QED) is 0.301. The van der Waals surface area contributed by atoms with Gasteiger partial charge >= 0.3 is 6.18 Å². The summed E-state index contributed by atoms with van der Waals surface area (Å²) in [7, 11) is 0. The van der Waals surface area contributed by atoms with E-state index in [0.717, 1.165) is 54.5 Å². The Kier molecular flexibility index (Phi) is 9.05. The third-order valence-corrected chi connectivity index (χ3v) is 6.68. The largest absolute Gasteiger partial charge is 0.490 e. The first-order valence-electron chi connectivity index (χ1n) is 12.7. The van der Waals surface area contributed by atoms with Gasteiger partial charge in [0.1, 0.15) is 11.6 Å². The van der Waals surface area contributed by atoms with Crippen LogP contribution in [0.1, 0.15) is 49.3 Å². The van der Waals surface area contributed by atoms with Crippen LogP contribution in [0.2, 0.25) is 0 Å². The third kappa shape index (κ3) is 7.81. The number of hydrogen-bond donors (Lipinski definition) is 1. The molecule has 0 spiro atoms. The molecule has 4 nitrogen and oxygen atoms in total. The lowest BCUT2D eigenvalue weighted by molar-refractivity contribution is -0.137. The van der Waals surface area contributed by atoms with Gasteiger partial charge < -0.3 is 14.8 Å². The van der Waals surface area contributed by atoms with Crippen molar-refractivity contribution in [3.8, 4) is 16.9 Å². The van der Waals surface area contributed by atoms with Gasteiger partial charge in [-0.15, -0.1) is 0 Å². The Morgan fingerprint density at radius 3 is 2.32 bits per heavy atom. The molecule has 3 aromatic carbocycles. The maximum absolute atomic E-state index is 13.9. The summed E-state index contributed by atoms with van der Waals surface area (Å²) in [6.45, 7) is 2.22. The van der Waals surface area contributed by atoms with E-state index in [-0.39, 0.29) is 30.5 Å². The van der Waals surface area contributed by atoms with Gasteiger partial charge in [0.25, 0.3) is 0 Å². The van der Waals surface area contributed by atoms with Gasteiger partial charge in [0, 0.05) is 13.5 Å². The molecule has 0 heterocycles. The Labute approximate surface area is 220 Å². The number of benzene rings is 3. The van der Waals surface area contributed by atoms with E-state index in [4.69, 9.17) is 9.47 Å². The molecule has 0 aromatic heterocycles. The van der Waals surface area contributed by atoms with Crippen LogP contribution in [0.5, 0.6) is 5.75 Å². The molecule has 0 saturated heterocycles. The molecule has 1 aliphatic rings. The Morgan fingerprint density at radius 1 is 0.947 bits per heavy atom. The fourth-order valence-corrected chi connectivity index (χ4v) is 4.66. The average molecular weight is 530 g/mol. The average Bonchev–Trinajstić information content (AvgIpc) is 2.88. The maximum atomic E-state index is 13.9. The van der Waals surface area contributed by atoms with Crippen molar-refractivity contribution >= 4 is 5.91 Å². The summed E-state index contributed by atoms with van der Waals surface area (Å²) >= 11 is 0. The predicted octanol–water partition coefficient (Wildman–Crippen LogP) is 7.10. The van der Waals surface area contributed by atoms with Crippen LogP contribution in [0.4, 0.5) is 17.6 Å². The van der Waals surface area contributed by atoms with Crippen molar-refractivity contribution in [2.24, 2.45) is 0 Å². The molecule has 1 saturated carbocycles. The van der Waals surface area contributed by atoms with Crippen LogP contribution in [0.3, 0.4) is 0 Å². The van der Waals surface area contributed by atoms with Crippen LogP contribution >= 0.6 is 0 Å². The minimum absolute atomic E-state index is 0.00603. The van der Waals surface area contributed by atoms with Gasteiger partial charge in [0.15, 0.2) is 0 Å². The monoisotopic (exact) mass is 529 g/mol. The molecule has 0 bridgehead atoms. The third-order valence-electron chi connectivity index (χ3n) is 6.68. The smallest absolute Gasteiger partial charge is 0.416 e. The summed E-state index contributed by atoms with van der Waals surface area (Å²) in [4.78, 5) is 11.3. The van der Waals surface area contributed by atoms with E-state index >= 15 is 0 Å². The molecule has 8 heteroatoms. The lowest BCUT2D eigenvalue weighted by Crippen LogP contribution is -2.28. The molecule has 0 atom stereocenters. The first-order valence-corrected chi connectivity index (χ1v) is 12.7. The number of carbonyl (C=O) groups excluding carboxylic acids is 1. The molecular formula is C30H31F4NO3. The molecule has 1 N–H and O–H groups in total. The summed E-state index contributed by atoms with van der Waals surface area (Å²) in [6.07, 6.45) is -0.555. The zero-order valence-electron chi connectivity index (χ0n) is 21.2. The normalized spacial score (nSPS) is 17.7. The maximum Gasteiger partial charge on any atom is 0.416 e. The molecule has 0 aliphatic heterocycles. The van der Waals surface area contributed by atoms with Gasteiger partial charge in [-0.1, -0.05) is 30.3 Å². The highest BCUT2D eigenvalue weighted by Gasteiger charge is 2.30. The fourth-order valence-electron chi connectivity index (χ4n) is 4.66. The van der Waals surface area contributed by atoms with Crippen LogP contribution in [-0.4, -0.2) is 24.7 Å². The number of halogens is 4. The number of carbonyl (C=O) groups is 1. The standard InChI is InChI=1S/C30H31F4NO3/c1-20(36)35-16-15-22-7-10-28(18-29(22)23-3-2-4-25(31)17-23)38-27-13-11-26(12-14-27)37-19-21-5-8-24(9-6-21)30(32,33)34/h2-10,17-18,26-27H,11-16,19H2,1H3,(H,35,36). The SMILES string of the molecule is CC(=O)NCCc1ccc(OC2CCC(OCc3ccc(C(F)(F)F)cc3)CC2)cc1-c1cccc(F)c1. The molecule has 3 aromatic rings. The van der Waals surface area contributed by atoms with E-state index in [9.17, 15) is 22.4 Å². The van der Waals surface area contributed by atoms with Crippen molar-refractivity contribution in [3.63, 3.8) is 0 Å². The Morgan fingerprint density at radius 2 is 1.66 bits per heavy atom. The van der Waals surface area contributed by atoms with Crippen molar-refractivity contribution in [1.29, 1.82) is 0 Å². The fraction of sp³-hybridized carbons (Fsp3) is 0.367. The molecule has 1 aliphatic carbocycles. The first kappa shape index (κ1) is 27.6. The van der Waals surface area contributed by atoms with Gasteiger partial charge in [0.2, 0.25) is 5.91 Å². The first-order chi connectivity index (χ1) is 18.2. The number of nitrogens with one attached hydrogen (secondary N) is 1. The van der Waals surface area contributed by atoms with Gasteiger partial charge in [-0.2, -0.15) is 13.2 Å². The summed E-state index contributed by atoms with van der Waals surface area (Å²) in [6, 6.07) is 17.2. The second-order valence-electron chi connectivity index (χ2n) is 9.58. The molecule has 4 rings (SSSR count). The summed E-state index contributed by atoms with van der Waals surface area (Å²) < 4.78 is 64.4. The van der Waals surface area contributed by atoms with Crippen molar-refractivity contribution in [3.05, 3.63) is 89.2 Å². The molecule has 0 unspecified atom stereocenters.